The summed E-state index contributed by atoms with van der Waals surface area (Å²) in [6.07, 6.45) is 0.319. The number of likely N-dealkylation sites (tertiary alicyclic amines) is 1. The van der Waals surface area contributed by atoms with Gasteiger partial charge in [0.25, 0.3) is 0 Å². The van der Waals surface area contributed by atoms with E-state index in [1.807, 2.05) is 45.0 Å². The molecule has 1 fully saturated rings. The Morgan fingerprint density at radius 2 is 1.79 bits per heavy atom. The van der Waals surface area contributed by atoms with Crippen molar-refractivity contribution in [1.82, 2.24) is 10.2 Å². The Hall–Kier alpha value is -1.11. The van der Waals surface area contributed by atoms with Crippen molar-refractivity contribution in [1.29, 1.82) is 0 Å². The van der Waals surface area contributed by atoms with Crippen LogP contribution in [-0.2, 0) is 15.1 Å². The molecule has 2 rings (SSSR count). The monoisotopic (exact) mass is 417 g/mol. The van der Waals surface area contributed by atoms with Gasteiger partial charge in [-0.15, -0.1) is 12.4 Å². The minimum atomic E-state index is -1.14. The van der Waals surface area contributed by atoms with Gasteiger partial charge in [0.2, 0.25) is 11.8 Å². The van der Waals surface area contributed by atoms with Crippen LogP contribution in [0.15, 0.2) is 28.7 Å². The van der Waals surface area contributed by atoms with E-state index in [0.717, 1.165) is 10.0 Å². The molecule has 1 aliphatic heterocycles. The lowest BCUT2D eigenvalue weighted by molar-refractivity contribution is -0.131. The molecule has 24 heavy (non-hydrogen) atoms. The molecule has 134 valence electrons. The number of rotatable bonds is 3. The minimum absolute atomic E-state index is 0. The van der Waals surface area contributed by atoms with Crippen molar-refractivity contribution in [3.05, 3.63) is 34.3 Å². The molecule has 0 bridgehead atoms. The molecular weight excluding hydrogens is 394 g/mol. The Balaban J connectivity index is 0.00000288. The molecule has 2 atom stereocenters. The van der Waals surface area contributed by atoms with Crippen molar-refractivity contribution in [2.45, 2.75) is 51.2 Å². The number of carbonyl (C=O) groups excluding carboxylic acids is 2. The smallest absolute Gasteiger partial charge is 0.244 e. The highest BCUT2D eigenvalue weighted by atomic mass is 79.9. The average Bonchev–Trinajstić information content (AvgIpc) is 2.80. The number of amides is 2. The molecule has 1 heterocycles. The maximum atomic E-state index is 12.6. The van der Waals surface area contributed by atoms with Gasteiger partial charge in [-0.2, -0.15) is 0 Å². The van der Waals surface area contributed by atoms with Gasteiger partial charge in [0.15, 0.2) is 0 Å². The zero-order valence-electron chi connectivity index (χ0n) is 14.4. The van der Waals surface area contributed by atoms with Crippen LogP contribution in [0.2, 0.25) is 0 Å². The summed E-state index contributed by atoms with van der Waals surface area (Å²) in [4.78, 5) is 26.5. The average molecular weight is 419 g/mol. The molecule has 7 heteroatoms. The molecular formula is C17H25BrClN3O2. The van der Waals surface area contributed by atoms with Crippen LogP contribution in [0.1, 0.15) is 39.7 Å². The van der Waals surface area contributed by atoms with Gasteiger partial charge < -0.3 is 16.0 Å². The predicted octanol–water partition coefficient (Wildman–Crippen LogP) is 2.56. The second-order valence-electron chi connectivity index (χ2n) is 7.26. The van der Waals surface area contributed by atoms with Crippen LogP contribution in [0.3, 0.4) is 0 Å². The molecule has 3 N–H and O–H groups in total. The van der Waals surface area contributed by atoms with Crippen molar-refractivity contribution in [2.75, 3.05) is 6.54 Å². The van der Waals surface area contributed by atoms with Crippen LogP contribution in [0.5, 0.6) is 0 Å². The third-order valence-electron chi connectivity index (χ3n) is 4.19. The summed E-state index contributed by atoms with van der Waals surface area (Å²) >= 11 is 3.37. The molecule has 0 aliphatic carbocycles. The van der Waals surface area contributed by atoms with E-state index in [1.54, 1.807) is 11.8 Å². The number of hydrogen-bond donors (Lipinski definition) is 2. The number of halogens is 2. The fraction of sp³-hybridized carbons (Fsp3) is 0.529. The first-order valence-corrected chi connectivity index (χ1v) is 8.47. The van der Waals surface area contributed by atoms with E-state index in [9.17, 15) is 9.59 Å². The predicted molar refractivity (Wildman–Crippen MR) is 101 cm³/mol. The Kier molecular flexibility index (Phi) is 6.47. The van der Waals surface area contributed by atoms with Gasteiger partial charge in [0, 0.05) is 23.0 Å². The third kappa shape index (κ3) is 4.49. The van der Waals surface area contributed by atoms with E-state index >= 15 is 0 Å². The van der Waals surface area contributed by atoms with Crippen LogP contribution >= 0.6 is 28.3 Å². The molecule has 2 amide bonds. The van der Waals surface area contributed by atoms with Gasteiger partial charge in [0.1, 0.15) is 5.54 Å². The lowest BCUT2D eigenvalue weighted by atomic mass is 9.92. The molecule has 0 spiro atoms. The van der Waals surface area contributed by atoms with E-state index in [-0.39, 0.29) is 35.8 Å². The Bertz CT molecular complexity index is 611. The summed E-state index contributed by atoms with van der Waals surface area (Å²) < 4.78 is 0.930. The highest BCUT2D eigenvalue weighted by Gasteiger charge is 2.39. The molecule has 1 aromatic rings. The highest BCUT2D eigenvalue weighted by molar-refractivity contribution is 9.10. The van der Waals surface area contributed by atoms with Crippen LogP contribution in [0.25, 0.3) is 0 Å². The Labute approximate surface area is 157 Å². The Morgan fingerprint density at radius 1 is 1.25 bits per heavy atom. The summed E-state index contributed by atoms with van der Waals surface area (Å²) in [6.45, 7) is 8.17. The van der Waals surface area contributed by atoms with Crippen LogP contribution < -0.4 is 11.1 Å². The molecule has 1 aliphatic rings. The maximum absolute atomic E-state index is 12.6. The summed E-state index contributed by atoms with van der Waals surface area (Å²) in [5.74, 6) is -0.210. The second kappa shape index (κ2) is 7.42. The van der Waals surface area contributed by atoms with Crippen molar-refractivity contribution in [2.24, 2.45) is 5.73 Å². The number of benzene rings is 1. The topological polar surface area (TPSA) is 75.4 Å². The zero-order chi connectivity index (χ0) is 17.4. The molecule has 2 unspecified atom stereocenters. The van der Waals surface area contributed by atoms with Crippen LogP contribution in [-0.4, -0.2) is 34.8 Å². The van der Waals surface area contributed by atoms with Crippen LogP contribution in [0.4, 0.5) is 0 Å². The highest BCUT2D eigenvalue weighted by Crippen LogP contribution is 2.24. The number of nitrogens with zero attached hydrogens (tertiary/aromatic N) is 1. The molecule has 5 nitrogen and oxygen atoms in total. The minimum Gasteiger partial charge on any atom is -0.349 e. The van der Waals surface area contributed by atoms with E-state index in [1.165, 1.54) is 0 Å². The fourth-order valence-corrected chi connectivity index (χ4v) is 2.98. The van der Waals surface area contributed by atoms with E-state index in [0.29, 0.717) is 13.0 Å². The summed E-state index contributed by atoms with van der Waals surface area (Å²) in [5.41, 5.74) is 5.59. The number of hydrogen-bond acceptors (Lipinski definition) is 3. The number of nitrogens with two attached hydrogens (primary N) is 1. The summed E-state index contributed by atoms with van der Waals surface area (Å²) in [5, 5.41) is 2.93. The van der Waals surface area contributed by atoms with E-state index < -0.39 is 5.54 Å². The normalized spacial score (nSPS) is 20.3. The first-order chi connectivity index (χ1) is 10.5. The van der Waals surface area contributed by atoms with E-state index in [2.05, 4.69) is 21.2 Å². The lowest BCUT2D eigenvalue weighted by Crippen LogP contribution is -2.53. The van der Waals surface area contributed by atoms with Gasteiger partial charge in [-0.05, 0) is 45.4 Å². The molecule has 0 saturated carbocycles. The third-order valence-corrected chi connectivity index (χ3v) is 4.71. The standard InChI is InChI=1S/C17H24BrN3O2.ClH/c1-16(2,3)21-10-13(9-14(21)22)20-15(23)17(4,19)11-5-7-12(18)8-6-11;/h5-8,13H,9-10,19H2,1-4H3,(H,20,23);1H. The van der Waals surface area contributed by atoms with Crippen molar-refractivity contribution in [3.63, 3.8) is 0 Å². The maximum Gasteiger partial charge on any atom is 0.244 e. The zero-order valence-corrected chi connectivity index (χ0v) is 16.8. The lowest BCUT2D eigenvalue weighted by Gasteiger charge is -2.32. The van der Waals surface area contributed by atoms with Gasteiger partial charge >= 0.3 is 0 Å². The Morgan fingerprint density at radius 3 is 2.25 bits per heavy atom. The molecule has 0 aromatic heterocycles. The van der Waals surface area contributed by atoms with Gasteiger partial charge in [-0.3, -0.25) is 9.59 Å². The quantitative estimate of drug-likeness (QED) is 0.792. The van der Waals surface area contributed by atoms with E-state index in [4.69, 9.17) is 5.73 Å². The van der Waals surface area contributed by atoms with Gasteiger partial charge in [-0.1, -0.05) is 28.1 Å². The SMILES string of the molecule is CC(N)(C(=O)NC1CC(=O)N(C(C)(C)C)C1)c1ccc(Br)cc1.Cl. The van der Waals surface area contributed by atoms with Crippen molar-refractivity contribution in [3.8, 4) is 0 Å². The summed E-state index contributed by atoms with van der Waals surface area (Å²) in [6, 6.07) is 7.16. The molecule has 1 saturated heterocycles. The molecule has 0 radical (unpaired) electrons. The first-order valence-electron chi connectivity index (χ1n) is 7.68. The summed E-state index contributed by atoms with van der Waals surface area (Å²) in [7, 11) is 0. The first kappa shape index (κ1) is 20.9. The van der Waals surface area contributed by atoms with Crippen molar-refractivity contribution < 1.29 is 9.59 Å². The van der Waals surface area contributed by atoms with Crippen LogP contribution in [0, 0.1) is 0 Å². The fourth-order valence-electron chi connectivity index (χ4n) is 2.71. The number of nitrogens with one attached hydrogen (secondary N) is 1. The van der Waals surface area contributed by atoms with Gasteiger partial charge in [-0.25, -0.2) is 0 Å². The largest absolute Gasteiger partial charge is 0.349 e. The van der Waals surface area contributed by atoms with Gasteiger partial charge in [0.05, 0.1) is 6.04 Å². The number of carbonyl (C=O) groups is 2. The van der Waals surface area contributed by atoms with Crippen molar-refractivity contribution >= 4 is 40.2 Å². The molecule has 1 aromatic carbocycles. The second-order valence-corrected chi connectivity index (χ2v) is 8.17.